The van der Waals surface area contributed by atoms with E-state index in [1.807, 2.05) is 20.8 Å². The first-order chi connectivity index (χ1) is 7.45. The van der Waals surface area contributed by atoms with Gasteiger partial charge in [0.25, 0.3) is 0 Å². The van der Waals surface area contributed by atoms with Crippen LogP contribution in [0.5, 0.6) is 0 Å². The van der Waals surface area contributed by atoms with E-state index in [2.05, 4.69) is 5.32 Å². The number of nitrogens with zero attached hydrogens (tertiary/aromatic N) is 1. The summed E-state index contributed by atoms with van der Waals surface area (Å²) in [4.78, 5) is 0. The Labute approximate surface area is 99.2 Å². The summed E-state index contributed by atoms with van der Waals surface area (Å²) in [6.45, 7) is 7.84. The molecular formula is C10H24N2O3S. The molecule has 98 valence electrons. The molecule has 16 heavy (non-hydrogen) atoms. The van der Waals surface area contributed by atoms with Crippen molar-refractivity contribution in [3.63, 3.8) is 0 Å². The molecule has 0 radical (unpaired) electrons. The summed E-state index contributed by atoms with van der Waals surface area (Å²) in [6.07, 6.45) is 0. The molecule has 0 unspecified atom stereocenters. The van der Waals surface area contributed by atoms with Gasteiger partial charge in [-0.15, -0.1) is 0 Å². The molecule has 0 aromatic heterocycles. The molecule has 0 aliphatic heterocycles. The summed E-state index contributed by atoms with van der Waals surface area (Å²) < 4.78 is 30.4. The molecule has 0 aliphatic carbocycles. The lowest BCUT2D eigenvalue weighted by atomic mass is 10.4. The first-order valence-corrected chi connectivity index (χ1v) is 7.25. The Balaban J connectivity index is 4.38. The smallest absolute Gasteiger partial charge is 0.215 e. The lowest BCUT2D eigenvalue weighted by Crippen LogP contribution is -2.42. The minimum absolute atomic E-state index is 0.0261. The second-order valence-corrected chi connectivity index (χ2v) is 5.91. The summed E-state index contributed by atoms with van der Waals surface area (Å²) in [5, 5.41) is 3.02. The van der Waals surface area contributed by atoms with Gasteiger partial charge in [-0.05, 0) is 20.4 Å². The molecule has 0 saturated heterocycles. The minimum atomic E-state index is -3.18. The van der Waals surface area contributed by atoms with Crippen LogP contribution >= 0.6 is 0 Å². The van der Waals surface area contributed by atoms with Crippen molar-refractivity contribution in [1.82, 2.24) is 9.62 Å². The first-order valence-electron chi connectivity index (χ1n) is 5.64. The molecule has 6 heteroatoms. The summed E-state index contributed by atoms with van der Waals surface area (Å²) in [7, 11) is -1.60. The van der Waals surface area contributed by atoms with Gasteiger partial charge in [-0.2, -0.15) is 4.31 Å². The van der Waals surface area contributed by atoms with Crippen LogP contribution in [-0.2, 0) is 14.8 Å². The maximum Gasteiger partial charge on any atom is 0.215 e. The van der Waals surface area contributed by atoms with Crippen molar-refractivity contribution in [2.24, 2.45) is 0 Å². The van der Waals surface area contributed by atoms with Crippen LogP contribution in [0, 0.1) is 0 Å². The molecule has 0 saturated carbocycles. The highest BCUT2D eigenvalue weighted by molar-refractivity contribution is 7.89. The molecule has 0 amide bonds. The van der Waals surface area contributed by atoms with Crippen LogP contribution in [0.15, 0.2) is 0 Å². The van der Waals surface area contributed by atoms with E-state index in [1.165, 1.54) is 4.31 Å². The molecule has 1 N–H and O–H groups in total. The molecule has 0 fully saturated rings. The summed E-state index contributed by atoms with van der Waals surface area (Å²) in [5.41, 5.74) is 0. The highest BCUT2D eigenvalue weighted by Gasteiger charge is 2.23. The quantitative estimate of drug-likeness (QED) is 0.599. The Hall–Kier alpha value is -0.170. The number of hydrogen-bond donors (Lipinski definition) is 1. The second-order valence-electron chi connectivity index (χ2n) is 3.87. The molecule has 0 spiro atoms. The van der Waals surface area contributed by atoms with Crippen molar-refractivity contribution in [2.45, 2.75) is 26.8 Å². The molecule has 0 heterocycles. The second kappa shape index (κ2) is 8.00. The molecule has 0 atom stereocenters. The highest BCUT2D eigenvalue weighted by Crippen LogP contribution is 2.06. The average Bonchev–Trinajstić information content (AvgIpc) is 2.17. The van der Waals surface area contributed by atoms with Gasteiger partial charge in [0, 0.05) is 26.2 Å². The van der Waals surface area contributed by atoms with Crippen LogP contribution in [0.1, 0.15) is 20.8 Å². The number of hydrogen-bond acceptors (Lipinski definition) is 4. The molecule has 0 rings (SSSR count). The third-order valence-electron chi connectivity index (χ3n) is 2.24. The lowest BCUT2D eigenvalue weighted by molar-refractivity contribution is 0.171. The van der Waals surface area contributed by atoms with Crippen LogP contribution < -0.4 is 5.32 Å². The van der Waals surface area contributed by atoms with Crippen LogP contribution in [0.4, 0.5) is 0 Å². The van der Waals surface area contributed by atoms with Gasteiger partial charge in [0.1, 0.15) is 0 Å². The molecule has 5 nitrogen and oxygen atoms in total. The molecular weight excluding hydrogens is 228 g/mol. The first kappa shape index (κ1) is 15.8. The van der Waals surface area contributed by atoms with Gasteiger partial charge in [-0.25, -0.2) is 8.42 Å². The Bertz CT molecular complexity index is 265. The molecule has 0 bridgehead atoms. The topological polar surface area (TPSA) is 58.6 Å². The number of ether oxygens (including phenoxy) is 1. The Morgan fingerprint density at radius 2 is 2.00 bits per heavy atom. The zero-order valence-electron chi connectivity index (χ0n) is 10.7. The van der Waals surface area contributed by atoms with E-state index in [0.717, 1.165) is 6.54 Å². The number of methoxy groups -OCH3 is 1. The number of rotatable bonds is 9. The fourth-order valence-corrected chi connectivity index (χ4v) is 3.03. The van der Waals surface area contributed by atoms with Crippen molar-refractivity contribution in [3.05, 3.63) is 0 Å². The van der Waals surface area contributed by atoms with E-state index in [-0.39, 0.29) is 11.8 Å². The summed E-state index contributed by atoms with van der Waals surface area (Å²) >= 11 is 0. The SMILES string of the molecule is CCNCCS(=O)(=O)N(CCOC)C(C)C. The largest absolute Gasteiger partial charge is 0.383 e. The van der Waals surface area contributed by atoms with Gasteiger partial charge in [0.05, 0.1) is 12.4 Å². The predicted molar refractivity (Wildman–Crippen MR) is 66.0 cm³/mol. The van der Waals surface area contributed by atoms with Crippen molar-refractivity contribution < 1.29 is 13.2 Å². The summed E-state index contributed by atoms with van der Waals surface area (Å²) in [5.74, 6) is 0.142. The average molecular weight is 252 g/mol. The van der Waals surface area contributed by atoms with Gasteiger partial charge in [0.15, 0.2) is 0 Å². The van der Waals surface area contributed by atoms with Gasteiger partial charge in [-0.3, -0.25) is 0 Å². The maximum atomic E-state index is 12.0. The Kier molecular flexibility index (Phi) is 7.91. The Morgan fingerprint density at radius 3 is 2.44 bits per heavy atom. The van der Waals surface area contributed by atoms with E-state index < -0.39 is 10.0 Å². The minimum Gasteiger partial charge on any atom is -0.383 e. The maximum absolute atomic E-state index is 12.0. The van der Waals surface area contributed by atoms with Gasteiger partial charge < -0.3 is 10.1 Å². The van der Waals surface area contributed by atoms with Gasteiger partial charge >= 0.3 is 0 Å². The third kappa shape index (κ3) is 5.79. The van der Waals surface area contributed by atoms with E-state index >= 15 is 0 Å². The zero-order valence-corrected chi connectivity index (χ0v) is 11.5. The van der Waals surface area contributed by atoms with E-state index in [9.17, 15) is 8.42 Å². The van der Waals surface area contributed by atoms with Crippen molar-refractivity contribution in [2.75, 3.05) is 39.1 Å². The van der Waals surface area contributed by atoms with Crippen molar-refractivity contribution in [3.8, 4) is 0 Å². The van der Waals surface area contributed by atoms with E-state index in [0.29, 0.717) is 19.7 Å². The third-order valence-corrected chi connectivity index (χ3v) is 4.27. The highest BCUT2D eigenvalue weighted by atomic mass is 32.2. The van der Waals surface area contributed by atoms with Crippen LogP contribution in [0.2, 0.25) is 0 Å². The van der Waals surface area contributed by atoms with Crippen LogP contribution in [-0.4, -0.2) is 57.9 Å². The standard InChI is InChI=1S/C10H24N2O3S/c1-5-11-6-9-16(13,14)12(10(2)3)7-8-15-4/h10-11H,5-9H2,1-4H3. The van der Waals surface area contributed by atoms with E-state index in [1.54, 1.807) is 7.11 Å². The van der Waals surface area contributed by atoms with Crippen molar-refractivity contribution in [1.29, 1.82) is 0 Å². The lowest BCUT2D eigenvalue weighted by Gasteiger charge is -2.25. The monoisotopic (exact) mass is 252 g/mol. The number of sulfonamides is 1. The fraction of sp³-hybridized carbons (Fsp3) is 1.00. The van der Waals surface area contributed by atoms with Crippen LogP contribution in [0.3, 0.4) is 0 Å². The fourth-order valence-electron chi connectivity index (χ4n) is 1.39. The molecule has 0 aliphatic rings. The van der Waals surface area contributed by atoms with Gasteiger partial charge in [-0.1, -0.05) is 6.92 Å². The van der Waals surface area contributed by atoms with Crippen molar-refractivity contribution >= 4 is 10.0 Å². The van der Waals surface area contributed by atoms with Crippen LogP contribution in [0.25, 0.3) is 0 Å². The Morgan fingerprint density at radius 1 is 1.38 bits per heavy atom. The molecule has 0 aromatic rings. The van der Waals surface area contributed by atoms with Gasteiger partial charge in [0.2, 0.25) is 10.0 Å². The molecule has 0 aromatic carbocycles. The predicted octanol–water partition coefficient (Wildman–Crippen LogP) is 0.283. The zero-order chi connectivity index (χ0) is 12.6. The summed E-state index contributed by atoms with van der Waals surface area (Å²) in [6, 6.07) is -0.0261. The van der Waals surface area contributed by atoms with E-state index in [4.69, 9.17) is 4.74 Å². The normalized spacial score (nSPS) is 12.6. The number of nitrogens with one attached hydrogen (secondary N) is 1.